The maximum absolute atomic E-state index is 13.4. The quantitative estimate of drug-likeness (QED) is 0.531. The normalized spacial score (nSPS) is 13.7. The van der Waals surface area contributed by atoms with Crippen molar-refractivity contribution in [3.8, 4) is 0 Å². The Labute approximate surface area is 188 Å². The molecule has 8 heteroatoms. The van der Waals surface area contributed by atoms with Gasteiger partial charge in [-0.25, -0.2) is 4.90 Å². The Morgan fingerprint density at radius 1 is 0.968 bits per heavy atom. The summed E-state index contributed by atoms with van der Waals surface area (Å²) in [4.78, 5) is 39.8. The molecule has 4 rings (SSSR count). The van der Waals surface area contributed by atoms with Crippen LogP contribution in [-0.2, 0) is 14.4 Å². The topological polar surface area (TPSA) is 78.5 Å². The second-order valence-electron chi connectivity index (χ2n) is 6.94. The van der Waals surface area contributed by atoms with E-state index in [-0.39, 0.29) is 11.6 Å². The summed E-state index contributed by atoms with van der Waals surface area (Å²) in [6, 6.07) is 15.7. The monoisotopic (exact) mass is 451 g/mol. The van der Waals surface area contributed by atoms with E-state index in [9.17, 15) is 14.4 Å². The molecule has 0 saturated heterocycles. The maximum atomic E-state index is 13.4. The molecule has 1 aliphatic rings. The third-order valence-electron chi connectivity index (χ3n) is 4.81. The number of nitrogens with one attached hydrogen (secondary N) is 2. The van der Waals surface area contributed by atoms with E-state index in [2.05, 4.69) is 10.6 Å². The summed E-state index contributed by atoms with van der Waals surface area (Å²) in [5.74, 6) is -1.03. The van der Waals surface area contributed by atoms with Gasteiger partial charge in [-0.2, -0.15) is 0 Å². The van der Waals surface area contributed by atoms with Crippen molar-refractivity contribution >= 4 is 63.3 Å². The molecule has 0 radical (unpaired) electrons. The van der Waals surface area contributed by atoms with Crippen LogP contribution in [0.1, 0.15) is 17.4 Å². The van der Waals surface area contributed by atoms with Crippen molar-refractivity contribution < 1.29 is 14.4 Å². The molecule has 31 heavy (non-hydrogen) atoms. The molecule has 2 aromatic carbocycles. The number of imide groups is 1. The summed E-state index contributed by atoms with van der Waals surface area (Å²) in [6.07, 6.45) is 0. The molecule has 2 N–H and O–H groups in total. The third kappa shape index (κ3) is 3.97. The van der Waals surface area contributed by atoms with Crippen LogP contribution in [0.4, 0.5) is 17.1 Å². The number of halogens is 1. The maximum Gasteiger partial charge on any atom is 0.282 e. The predicted octanol–water partition coefficient (Wildman–Crippen LogP) is 5.06. The molecule has 3 aromatic rings. The summed E-state index contributed by atoms with van der Waals surface area (Å²) in [5, 5.41) is 8.13. The van der Waals surface area contributed by atoms with E-state index >= 15 is 0 Å². The first-order valence-electron chi connectivity index (χ1n) is 9.43. The highest BCUT2D eigenvalue weighted by atomic mass is 35.5. The van der Waals surface area contributed by atoms with Gasteiger partial charge in [0, 0.05) is 28.2 Å². The molecule has 1 aromatic heterocycles. The molecule has 0 spiro atoms. The molecule has 0 unspecified atom stereocenters. The zero-order valence-corrected chi connectivity index (χ0v) is 18.3. The largest absolute Gasteiger partial charge is 0.350 e. The van der Waals surface area contributed by atoms with Crippen LogP contribution in [-0.4, -0.2) is 17.7 Å². The van der Waals surface area contributed by atoms with Crippen LogP contribution in [0.2, 0.25) is 5.02 Å². The summed E-state index contributed by atoms with van der Waals surface area (Å²) in [7, 11) is 0. The lowest BCUT2D eigenvalue weighted by Gasteiger charge is -2.18. The minimum absolute atomic E-state index is 0.174. The highest BCUT2D eigenvalue weighted by Gasteiger charge is 2.41. The first-order valence-corrected chi connectivity index (χ1v) is 10.7. The minimum Gasteiger partial charge on any atom is -0.350 e. The minimum atomic E-state index is -0.454. The van der Waals surface area contributed by atoms with Crippen molar-refractivity contribution in [2.24, 2.45) is 0 Å². The van der Waals surface area contributed by atoms with Crippen molar-refractivity contribution in [3.05, 3.63) is 81.1 Å². The van der Waals surface area contributed by atoms with Crippen LogP contribution in [0, 0.1) is 6.92 Å². The molecule has 0 fully saturated rings. The van der Waals surface area contributed by atoms with Gasteiger partial charge in [-0.3, -0.25) is 14.4 Å². The zero-order chi connectivity index (χ0) is 22.1. The van der Waals surface area contributed by atoms with Gasteiger partial charge in [-0.1, -0.05) is 23.7 Å². The molecule has 0 bridgehead atoms. The van der Waals surface area contributed by atoms with Crippen LogP contribution in [0.25, 0.3) is 5.57 Å². The van der Waals surface area contributed by atoms with E-state index in [1.807, 2.05) is 11.4 Å². The lowest BCUT2D eigenvalue weighted by atomic mass is 10.1. The van der Waals surface area contributed by atoms with E-state index in [0.717, 1.165) is 4.90 Å². The van der Waals surface area contributed by atoms with Crippen LogP contribution in [0.15, 0.2) is 65.7 Å². The molecule has 0 atom stereocenters. The first kappa shape index (κ1) is 20.8. The third-order valence-corrected chi connectivity index (χ3v) is 6.10. The fourth-order valence-electron chi connectivity index (χ4n) is 3.34. The first-order chi connectivity index (χ1) is 14.9. The molecule has 0 saturated carbocycles. The number of amides is 3. The molecule has 1 aliphatic heterocycles. The number of hydrogen-bond acceptors (Lipinski definition) is 5. The van der Waals surface area contributed by atoms with Crippen LogP contribution >= 0.6 is 22.9 Å². The lowest BCUT2D eigenvalue weighted by molar-refractivity contribution is -0.120. The van der Waals surface area contributed by atoms with Crippen LogP contribution < -0.4 is 15.5 Å². The summed E-state index contributed by atoms with van der Waals surface area (Å²) < 4.78 is 0. The molecular formula is C23H18ClN3O3S. The number of carbonyl (C=O) groups is 3. The highest BCUT2D eigenvalue weighted by Crippen LogP contribution is 2.37. The lowest BCUT2D eigenvalue weighted by Crippen LogP contribution is -2.33. The van der Waals surface area contributed by atoms with Crippen molar-refractivity contribution in [2.45, 2.75) is 13.8 Å². The van der Waals surface area contributed by atoms with Gasteiger partial charge >= 0.3 is 0 Å². The highest BCUT2D eigenvalue weighted by molar-refractivity contribution is 7.11. The van der Waals surface area contributed by atoms with Gasteiger partial charge < -0.3 is 10.6 Å². The second-order valence-corrected chi connectivity index (χ2v) is 8.30. The fourth-order valence-corrected chi connectivity index (χ4v) is 4.27. The van der Waals surface area contributed by atoms with E-state index in [4.69, 9.17) is 11.6 Å². The molecular weight excluding hydrogens is 434 g/mol. The van der Waals surface area contributed by atoms with E-state index in [1.165, 1.54) is 18.3 Å². The molecule has 2 heterocycles. The van der Waals surface area contributed by atoms with Gasteiger partial charge in [0.15, 0.2) is 0 Å². The average molecular weight is 452 g/mol. The van der Waals surface area contributed by atoms with Gasteiger partial charge in [0.05, 0.1) is 11.3 Å². The number of hydrogen-bond donors (Lipinski definition) is 2. The van der Waals surface area contributed by atoms with Crippen molar-refractivity contribution in [3.63, 3.8) is 0 Å². The zero-order valence-electron chi connectivity index (χ0n) is 16.7. The van der Waals surface area contributed by atoms with Gasteiger partial charge in [0.1, 0.15) is 5.70 Å². The number of anilines is 3. The second kappa shape index (κ2) is 8.37. The van der Waals surface area contributed by atoms with E-state index in [0.29, 0.717) is 38.1 Å². The predicted molar refractivity (Wildman–Crippen MR) is 124 cm³/mol. The Morgan fingerprint density at radius 2 is 1.68 bits per heavy atom. The fraction of sp³-hybridized carbons (Fsp3) is 0.0870. The Balaban J connectivity index is 1.74. The Morgan fingerprint density at radius 3 is 2.32 bits per heavy atom. The molecule has 0 aliphatic carbocycles. The van der Waals surface area contributed by atoms with Crippen molar-refractivity contribution in [1.29, 1.82) is 0 Å². The standard InChI is InChI=1S/C23H18ClN3O3S/c1-13-17(24)5-3-6-18(13)27-22(29)20(19-7-4-12-31-19)21(23(27)30)26-16-10-8-15(9-11-16)25-14(2)28/h3-12,26H,1-2H3,(H,25,28). The van der Waals surface area contributed by atoms with Gasteiger partial charge in [0.2, 0.25) is 5.91 Å². The number of nitrogens with zero attached hydrogens (tertiary/aromatic N) is 1. The smallest absolute Gasteiger partial charge is 0.282 e. The SMILES string of the molecule is CC(=O)Nc1ccc(NC2=C(c3cccs3)C(=O)N(c3cccc(Cl)c3C)C2=O)cc1. The Hall–Kier alpha value is -3.42. The number of rotatable bonds is 5. The Kier molecular flexibility index (Phi) is 5.63. The summed E-state index contributed by atoms with van der Waals surface area (Å²) in [5.41, 5.74) is 2.86. The molecule has 156 valence electrons. The number of benzene rings is 2. The van der Waals surface area contributed by atoms with E-state index < -0.39 is 11.8 Å². The van der Waals surface area contributed by atoms with Gasteiger partial charge in [-0.15, -0.1) is 11.3 Å². The summed E-state index contributed by atoms with van der Waals surface area (Å²) in [6.45, 7) is 3.20. The van der Waals surface area contributed by atoms with Crippen molar-refractivity contribution in [1.82, 2.24) is 0 Å². The van der Waals surface area contributed by atoms with Gasteiger partial charge in [0.25, 0.3) is 11.8 Å². The van der Waals surface area contributed by atoms with Gasteiger partial charge in [-0.05, 0) is 60.3 Å². The number of thiophene rings is 1. The molecule has 3 amide bonds. The average Bonchev–Trinajstić information content (AvgIpc) is 3.33. The Bertz CT molecular complexity index is 1220. The van der Waals surface area contributed by atoms with E-state index in [1.54, 1.807) is 55.5 Å². The molecule has 6 nitrogen and oxygen atoms in total. The van der Waals surface area contributed by atoms with Crippen LogP contribution in [0.5, 0.6) is 0 Å². The number of carbonyl (C=O) groups excluding carboxylic acids is 3. The summed E-state index contributed by atoms with van der Waals surface area (Å²) >= 11 is 7.62. The van der Waals surface area contributed by atoms with Crippen molar-refractivity contribution in [2.75, 3.05) is 15.5 Å². The van der Waals surface area contributed by atoms with Crippen LogP contribution in [0.3, 0.4) is 0 Å².